The van der Waals surface area contributed by atoms with E-state index in [4.69, 9.17) is 5.90 Å². The second-order valence-electron chi connectivity index (χ2n) is 5.38. The molecule has 2 aromatic rings. The first-order valence-corrected chi connectivity index (χ1v) is 8.03. The zero-order chi connectivity index (χ0) is 20.7. The Bertz CT molecular complexity index is 1010. The molecule has 0 unspecified atom stereocenters. The number of hydrogen-bond acceptors (Lipinski definition) is 8. The third-order valence-corrected chi connectivity index (χ3v) is 3.56. The Labute approximate surface area is 159 Å². The van der Waals surface area contributed by atoms with Gasteiger partial charge in [0.1, 0.15) is 5.71 Å². The third-order valence-electron chi connectivity index (χ3n) is 3.56. The summed E-state index contributed by atoms with van der Waals surface area (Å²) in [5, 5.41) is 22.4. The number of para-hydroxylation sites is 1. The number of aromatic hydroxyl groups is 2. The number of benzene rings is 1. The quantitative estimate of drug-likeness (QED) is 0.349. The maximum atomic E-state index is 12.4. The summed E-state index contributed by atoms with van der Waals surface area (Å²) < 4.78 is 0. The number of rotatable bonds is 7. The smallest absolute Gasteiger partial charge is 0.294 e. The average molecular weight is 385 g/mol. The minimum atomic E-state index is -0.911. The van der Waals surface area contributed by atoms with Crippen LogP contribution < -0.4 is 21.6 Å². The van der Waals surface area contributed by atoms with Gasteiger partial charge in [-0.1, -0.05) is 24.8 Å². The van der Waals surface area contributed by atoms with Crippen LogP contribution >= 0.6 is 0 Å². The number of phenols is 1. The molecule has 0 saturated heterocycles. The molecule has 0 radical (unpaired) electrons. The summed E-state index contributed by atoms with van der Waals surface area (Å²) in [6.45, 7) is 5.19. The summed E-state index contributed by atoms with van der Waals surface area (Å²) in [4.78, 5) is 39.2. The summed E-state index contributed by atoms with van der Waals surface area (Å²) in [6.07, 6.45) is 4.45. The highest BCUT2D eigenvalue weighted by atomic mass is 16.6. The number of nitrogens with zero attached hydrogens (tertiary/aromatic N) is 2. The molecule has 0 saturated carbocycles. The SMILES string of the molecule is C=CC(=N/C=C\C)c1nc(C(=O)NCc2cccc(ON)c2O)c(O)c(=O)[nH]1. The van der Waals surface area contributed by atoms with E-state index in [1.165, 1.54) is 24.4 Å². The van der Waals surface area contributed by atoms with Crippen molar-refractivity contribution < 1.29 is 19.8 Å². The van der Waals surface area contributed by atoms with Gasteiger partial charge in [-0.25, -0.2) is 4.98 Å². The highest BCUT2D eigenvalue weighted by Gasteiger charge is 2.19. The van der Waals surface area contributed by atoms with E-state index in [1.807, 2.05) is 0 Å². The van der Waals surface area contributed by atoms with Gasteiger partial charge in [-0.05, 0) is 19.1 Å². The number of phenolic OH excluding ortho intramolecular Hbond substituents is 1. The Morgan fingerprint density at radius 1 is 1.43 bits per heavy atom. The van der Waals surface area contributed by atoms with Crippen molar-refractivity contribution in [2.75, 3.05) is 0 Å². The van der Waals surface area contributed by atoms with Gasteiger partial charge in [-0.15, -0.1) is 0 Å². The lowest BCUT2D eigenvalue weighted by Gasteiger charge is -2.10. The largest absolute Gasteiger partial charge is 0.504 e. The Balaban J connectivity index is 2.33. The van der Waals surface area contributed by atoms with Crippen LogP contribution in [0.25, 0.3) is 0 Å². The van der Waals surface area contributed by atoms with Crippen LogP contribution in [0.3, 0.4) is 0 Å². The second kappa shape index (κ2) is 9.14. The highest BCUT2D eigenvalue weighted by molar-refractivity contribution is 6.06. The number of aromatic amines is 1. The first kappa shape index (κ1) is 20.4. The maximum absolute atomic E-state index is 12.4. The second-order valence-corrected chi connectivity index (χ2v) is 5.38. The lowest BCUT2D eigenvalue weighted by atomic mass is 10.2. The van der Waals surface area contributed by atoms with E-state index in [1.54, 1.807) is 19.1 Å². The van der Waals surface area contributed by atoms with Crippen LogP contribution in [0.2, 0.25) is 0 Å². The Kier molecular flexibility index (Phi) is 6.66. The van der Waals surface area contributed by atoms with Crippen LogP contribution in [0.5, 0.6) is 17.2 Å². The molecule has 6 N–H and O–H groups in total. The molecule has 0 atom stereocenters. The fraction of sp³-hybridized carbons (Fsp3) is 0.111. The summed E-state index contributed by atoms with van der Waals surface area (Å²) in [5.74, 6) is 3.10. The van der Waals surface area contributed by atoms with Gasteiger partial charge in [0.2, 0.25) is 5.75 Å². The number of amides is 1. The Morgan fingerprint density at radius 2 is 2.18 bits per heavy atom. The summed E-state index contributed by atoms with van der Waals surface area (Å²) >= 11 is 0. The van der Waals surface area contributed by atoms with E-state index in [2.05, 4.69) is 31.7 Å². The Hall–Kier alpha value is -3.92. The number of nitrogens with one attached hydrogen (secondary N) is 2. The summed E-state index contributed by atoms with van der Waals surface area (Å²) in [7, 11) is 0. The van der Waals surface area contributed by atoms with E-state index in [-0.39, 0.29) is 29.6 Å². The normalized spacial score (nSPS) is 11.4. The van der Waals surface area contributed by atoms with Crippen molar-refractivity contribution in [2.24, 2.45) is 10.9 Å². The first-order valence-electron chi connectivity index (χ1n) is 8.03. The van der Waals surface area contributed by atoms with Crippen LogP contribution in [-0.4, -0.2) is 31.8 Å². The fourth-order valence-electron chi connectivity index (χ4n) is 2.18. The van der Waals surface area contributed by atoms with Crippen molar-refractivity contribution in [3.8, 4) is 17.2 Å². The zero-order valence-electron chi connectivity index (χ0n) is 15.0. The molecule has 0 aliphatic heterocycles. The van der Waals surface area contributed by atoms with Crippen molar-refractivity contribution in [2.45, 2.75) is 13.5 Å². The molecule has 2 rings (SSSR count). The molecular formula is C18H19N5O5. The molecule has 0 aliphatic rings. The molecule has 1 heterocycles. The molecule has 146 valence electrons. The number of allylic oxidation sites excluding steroid dienone is 2. The maximum Gasteiger partial charge on any atom is 0.294 e. The lowest BCUT2D eigenvalue weighted by molar-refractivity contribution is 0.0942. The zero-order valence-corrected chi connectivity index (χ0v) is 15.0. The monoisotopic (exact) mass is 385 g/mol. The molecule has 10 nitrogen and oxygen atoms in total. The predicted molar refractivity (Wildman–Crippen MR) is 102 cm³/mol. The molecule has 1 amide bonds. The molecule has 28 heavy (non-hydrogen) atoms. The first-order chi connectivity index (χ1) is 13.4. The average Bonchev–Trinajstić information content (AvgIpc) is 2.69. The van der Waals surface area contributed by atoms with Crippen LogP contribution in [0.1, 0.15) is 28.8 Å². The summed E-state index contributed by atoms with van der Waals surface area (Å²) in [6, 6.07) is 4.55. The topological polar surface area (TPSA) is 163 Å². The lowest BCUT2D eigenvalue weighted by Crippen LogP contribution is -2.28. The standard InChI is InChI=1S/C18H19N5O5/c1-3-8-20-11(4-2)16-22-13(15(25)18(27)23-16)17(26)21-9-10-6-5-7-12(28-19)14(10)24/h3-8,24-25H,2,9,19H2,1H3,(H,21,26)(H,22,23,27)/b8-3-,20-11?. The van der Waals surface area contributed by atoms with Gasteiger partial charge in [0.05, 0.1) is 0 Å². The molecule has 0 fully saturated rings. The number of H-pyrrole nitrogens is 1. The van der Waals surface area contributed by atoms with E-state index in [9.17, 15) is 19.8 Å². The van der Waals surface area contributed by atoms with Gasteiger partial charge in [0.25, 0.3) is 11.5 Å². The van der Waals surface area contributed by atoms with Crippen molar-refractivity contribution in [1.29, 1.82) is 0 Å². The van der Waals surface area contributed by atoms with Crippen molar-refractivity contribution in [1.82, 2.24) is 15.3 Å². The van der Waals surface area contributed by atoms with Gasteiger partial charge in [0.15, 0.2) is 23.0 Å². The van der Waals surface area contributed by atoms with E-state index >= 15 is 0 Å². The van der Waals surface area contributed by atoms with Crippen LogP contribution in [0.4, 0.5) is 0 Å². The summed E-state index contributed by atoms with van der Waals surface area (Å²) in [5.41, 5.74) is -0.900. The van der Waals surface area contributed by atoms with E-state index in [0.29, 0.717) is 5.56 Å². The number of carbonyl (C=O) groups is 1. The minimum absolute atomic E-state index is 0.0296. The molecule has 1 aromatic carbocycles. The van der Waals surface area contributed by atoms with Crippen LogP contribution in [0.15, 0.2) is 52.9 Å². The molecule has 0 spiro atoms. The number of nitrogens with two attached hydrogens (primary N) is 1. The molecule has 0 bridgehead atoms. The highest BCUT2D eigenvalue weighted by Crippen LogP contribution is 2.28. The van der Waals surface area contributed by atoms with E-state index < -0.39 is 22.9 Å². The van der Waals surface area contributed by atoms with Gasteiger partial charge in [-0.3, -0.25) is 14.6 Å². The number of hydrogen-bond donors (Lipinski definition) is 5. The molecule has 0 aliphatic carbocycles. The number of aromatic nitrogens is 2. The van der Waals surface area contributed by atoms with Crippen LogP contribution in [0, 0.1) is 0 Å². The Morgan fingerprint density at radius 3 is 2.82 bits per heavy atom. The molecule has 10 heteroatoms. The fourth-order valence-corrected chi connectivity index (χ4v) is 2.18. The van der Waals surface area contributed by atoms with Crippen molar-refractivity contribution in [3.05, 3.63) is 70.6 Å². The van der Waals surface area contributed by atoms with Gasteiger partial charge >= 0.3 is 0 Å². The van der Waals surface area contributed by atoms with Crippen molar-refractivity contribution >= 4 is 11.6 Å². The van der Waals surface area contributed by atoms with E-state index in [0.717, 1.165) is 0 Å². The molecular weight excluding hydrogens is 366 g/mol. The van der Waals surface area contributed by atoms with Crippen molar-refractivity contribution in [3.63, 3.8) is 0 Å². The number of carbonyl (C=O) groups excluding carboxylic acids is 1. The van der Waals surface area contributed by atoms with Gasteiger partial charge in [-0.2, -0.15) is 5.90 Å². The third kappa shape index (κ3) is 4.43. The van der Waals surface area contributed by atoms with Gasteiger partial charge < -0.3 is 25.4 Å². The predicted octanol–water partition coefficient (Wildman–Crippen LogP) is 0.872. The number of aliphatic imine (C=N–C) groups is 1. The molecule has 1 aromatic heterocycles. The van der Waals surface area contributed by atoms with Crippen LogP contribution in [-0.2, 0) is 6.54 Å². The van der Waals surface area contributed by atoms with Gasteiger partial charge in [0, 0.05) is 18.3 Å². The minimum Gasteiger partial charge on any atom is -0.504 e.